The van der Waals surface area contributed by atoms with Crippen molar-refractivity contribution in [1.82, 2.24) is 4.98 Å². The standard InChI is InChI=1S/C16H21ClN2/c1-10(2)8-12(4)19-16-13-6-5-7-18-15(13)11(3)9-14(16)17/h5-7,9-10,12,19H,8H2,1-4H3. The number of hydrogen-bond acceptors (Lipinski definition) is 2. The number of pyridine rings is 1. The maximum Gasteiger partial charge on any atom is 0.0752 e. The first-order chi connectivity index (χ1) is 8.99. The van der Waals surface area contributed by atoms with E-state index in [1.165, 1.54) is 0 Å². The van der Waals surface area contributed by atoms with E-state index < -0.39 is 0 Å². The summed E-state index contributed by atoms with van der Waals surface area (Å²) in [4.78, 5) is 4.45. The van der Waals surface area contributed by atoms with Crippen molar-refractivity contribution in [3.63, 3.8) is 0 Å². The molecule has 0 aliphatic rings. The molecule has 1 aromatic carbocycles. The van der Waals surface area contributed by atoms with Gasteiger partial charge in [-0.05, 0) is 49.9 Å². The highest BCUT2D eigenvalue weighted by molar-refractivity contribution is 6.35. The molecule has 102 valence electrons. The fourth-order valence-electron chi connectivity index (χ4n) is 2.54. The molecule has 3 heteroatoms. The smallest absolute Gasteiger partial charge is 0.0752 e. The quantitative estimate of drug-likeness (QED) is 0.846. The van der Waals surface area contributed by atoms with Crippen LogP contribution in [0.3, 0.4) is 0 Å². The Morgan fingerprint density at radius 1 is 1.32 bits per heavy atom. The van der Waals surface area contributed by atoms with Gasteiger partial charge in [-0.3, -0.25) is 4.98 Å². The average molecular weight is 277 g/mol. The molecule has 0 saturated heterocycles. The monoisotopic (exact) mass is 276 g/mol. The molecule has 1 aromatic heterocycles. The van der Waals surface area contributed by atoms with Crippen LogP contribution in [0.15, 0.2) is 24.4 Å². The third kappa shape index (κ3) is 3.19. The van der Waals surface area contributed by atoms with Crippen LogP contribution in [0.25, 0.3) is 10.9 Å². The maximum atomic E-state index is 6.40. The van der Waals surface area contributed by atoms with Crippen molar-refractivity contribution in [2.24, 2.45) is 5.92 Å². The molecule has 2 nitrogen and oxygen atoms in total. The Morgan fingerprint density at radius 3 is 2.74 bits per heavy atom. The van der Waals surface area contributed by atoms with Crippen LogP contribution in [0.5, 0.6) is 0 Å². The lowest BCUT2D eigenvalue weighted by atomic mass is 10.0. The largest absolute Gasteiger partial charge is 0.381 e. The summed E-state index contributed by atoms with van der Waals surface area (Å²) >= 11 is 6.40. The summed E-state index contributed by atoms with van der Waals surface area (Å²) in [5.41, 5.74) is 3.14. The zero-order chi connectivity index (χ0) is 14.0. The Labute approximate surface area is 120 Å². The average Bonchev–Trinajstić information content (AvgIpc) is 2.33. The van der Waals surface area contributed by atoms with Crippen molar-refractivity contribution in [3.05, 3.63) is 35.0 Å². The SMILES string of the molecule is Cc1cc(Cl)c(NC(C)CC(C)C)c2cccnc12. The number of aromatic nitrogens is 1. The number of benzene rings is 1. The number of halogens is 1. The van der Waals surface area contributed by atoms with E-state index in [-0.39, 0.29) is 0 Å². The number of rotatable bonds is 4. The van der Waals surface area contributed by atoms with Crippen LogP contribution in [0, 0.1) is 12.8 Å². The minimum Gasteiger partial charge on any atom is -0.381 e. The summed E-state index contributed by atoms with van der Waals surface area (Å²) in [7, 11) is 0. The Kier molecular flexibility index (Phi) is 4.31. The van der Waals surface area contributed by atoms with Gasteiger partial charge in [0.15, 0.2) is 0 Å². The zero-order valence-corrected chi connectivity index (χ0v) is 12.8. The number of aryl methyl sites for hydroxylation is 1. The van der Waals surface area contributed by atoms with Gasteiger partial charge in [-0.25, -0.2) is 0 Å². The summed E-state index contributed by atoms with van der Waals surface area (Å²) in [6.07, 6.45) is 2.94. The van der Waals surface area contributed by atoms with Crippen LogP contribution in [0.4, 0.5) is 5.69 Å². The third-order valence-corrected chi connectivity index (χ3v) is 3.55. The lowest BCUT2D eigenvalue weighted by Gasteiger charge is -2.20. The zero-order valence-electron chi connectivity index (χ0n) is 12.0. The highest BCUT2D eigenvalue weighted by Gasteiger charge is 2.12. The summed E-state index contributed by atoms with van der Waals surface area (Å²) < 4.78 is 0. The molecule has 0 aliphatic heterocycles. The Bertz CT molecular complexity index is 578. The van der Waals surface area contributed by atoms with E-state index in [4.69, 9.17) is 11.6 Å². The fraction of sp³-hybridized carbons (Fsp3) is 0.438. The number of nitrogens with zero attached hydrogens (tertiary/aromatic N) is 1. The molecule has 0 amide bonds. The second kappa shape index (κ2) is 5.79. The topological polar surface area (TPSA) is 24.9 Å². The maximum absolute atomic E-state index is 6.40. The highest BCUT2D eigenvalue weighted by Crippen LogP contribution is 2.33. The Hall–Kier alpha value is -1.28. The first kappa shape index (κ1) is 14.1. The Morgan fingerprint density at radius 2 is 2.05 bits per heavy atom. The van der Waals surface area contributed by atoms with E-state index in [0.717, 1.165) is 33.6 Å². The molecule has 0 bridgehead atoms. The van der Waals surface area contributed by atoms with Crippen LogP contribution < -0.4 is 5.32 Å². The molecule has 19 heavy (non-hydrogen) atoms. The first-order valence-corrected chi connectivity index (χ1v) is 7.17. The molecule has 0 saturated carbocycles. The van der Waals surface area contributed by atoms with Crippen molar-refractivity contribution in [3.8, 4) is 0 Å². The number of nitrogens with one attached hydrogen (secondary N) is 1. The normalized spacial score (nSPS) is 12.9. The van der Waals surface area contributed by atoms with Crippen molar-refractivity contribution < 1.29 is 0 Å². The summed E-state index contributed by atoms with van der Waals surface area (Å²) in [5, 5.41) is 5.41. The first-order valence-electron chi connectivity index (χ1n) is 6.79. The molecule has 2 aromatic rings. The van der Waals surface area contributed by atoms with E-state index in [2.05, 4.69) is 37.1 Å². The molecular formula is C16H21ClN2. The predicted molar refractivity (Wildman–Crippen MR) is 84.0 cm³/mol. The molecule has 1 unspecified atom stereocenters. The molecule has 0 radical (unpaired) electrons. The second-order valence-electron chi connectivity index (χ2n) is 5.62. The summed E-state index contributed by atoms with van der Waals surface area (Å²) in [5.74, 6) is 0.663. The summed E-state index contributed by atoms with van der Waals surface area (Å²) in [6, 6.07) is 6.41. The van der Waals surface area contributed by atoms with Gasteiger partial charge in [-0.15, -0.1) is 0 Å². The van der Waals surface area contributed by atoms with Gasteiger partial charge in [0.1, 0.15) is 0 Å². The van der Waals surface area contributed by atoms with Crippen molar-refractivity contribution in [2.75, 3.05) is 5.32 Å². The molecule has 2 rings (SSSR count). The van der Waals surface area contributed by atoms with Crippen molar-refractivity contribution >= 4 is 28.2 Å². The number of fused-ring (bicyclic) bond motifs is 1. The van der Waals surface area contributed by atoms with Gasteiger partial charge in [0, 0.05) is 17.6 Å². The van der Waals surface area contributed by atoms with E-state index in [9.17, 15) is 0 Å². The third-order valence-electron chi connectivity index (χ3n) is 3.25. The van der Waals surface area contributed by atoms with Crippen molar-refractivity contribution in [1.29, 1.82) is 0 Å². The minimum atomic E-state index is 0.392. The molecule has 1 atom stereocenters. The molecule has 0 spiro atoms. The van der Waals surface area contributed by atoms with Gasteiger partial charge in [0.05, 0.1) is 16.2 Å². The molecule has 1 N–H and O–H groups in total. The number of anilines is 1. The molecule has 1 heterocycles. The van der Waals surface area contributed by atoms with Crippen LogP contribution in [0.1, 0.15) is 32.8 Å². The van der Waals surface area contributed by atoms with Gasteiger partial charge < -0.3 is 5.32 Å². The molecule has 0 fully saturated rings. The van der Waals surface area contributed by atoms with Crippen LogP contribution in [-0.2, 0) is 0 Å². The van der Waals surface area contributed by atoms with Gasteiger partial charge >= 0.3 is 0 Å². The lowest BCUT2D eigenvalue weighted by Crippen LogP contribution is -2.18. The predicted octanol–water partition coefficient (Wildman–Crippen LogP) is 5.04. The molecular weight excluding hydrogens is 256 g/mol. The van der Waals surface area contributed by atoms with E-state index in [1.807, 2.05) is 25.3 Å². The van der Waals surface area contributed by atoms with E-state index in [0.29, 0.717) is 12.0 Å². The van der Waals surface area contributed by atoms with E-state index >= 15 is 0 Å². The second-order valence-corrected chi connectivity index (χ2v) is 6.03. The Balaban J connectivity index is 2.42. The van der Waals surface area contributed by atoms with Crippen LogP contribution in [0.2, 0.25) is 5.02 Å². The van der Waals surface area contributed by atoms with Gasteiger partial charge in [0.2, 0.25) is 0 Å². The van der Waals surface area contributed by atoms with Gasteiger partial charge in [0.25, 0.3) is 0 Å². The minimum absolute atomic E-state index is 0.392. The summed E-state index contributed by atoms with van der Waals surface area (Å²) in [6.45, 7) is 8.70. The van der Waals surface area contributed by atoms with Gasteiger partial charge in [-0.2, -0.15) is 0 Å². The highest BCUT2D eigenvalue weighted by atomic mass is 35.5. The molecule has 0 aliphatic carbocycles. The van der Waals surface area contributed by atoms with Crippen LogP contribution >= 0.6 is 11.6 Å². The fourth-order valence-corrected chi connectivity index (χ4v) is 2.86. The van der Waals surface area contributed by atoms with Gasteiger partial charge in [-0.1, -0.05) is 25.4 Å². The lowest BCUT2D eigenvalue weighted by molar-refractivity contribution is 0.540. The van der Waals surface area contributed by atoms with E-state index in [1.54, 1.807) is 0 Å². The van der Waals surface area contributed by atoms with Crippen LogP contribution in [-0.4, -0.2) is 11.0 Å². The number of hydrogen-bond donors (Lipinski definition) is 1. The van der Waals surface area contributed by atoms with Crippen molar-refractivity contribution in [2.45, 2.75) is 40.2 Å².